The fraction of sp³-hybridized carbons (Fsp3) is 0.240. The third-order valence-corrected chi connectivity index (χ3v) is 6.50. The molecule has 3 aromatic rings. The van der Waals surface area contributed by atoms with Gasteiger partial charge in [0.15, 0.2) is 6.61 Å². The highest BCUT2D eigenvalue weighted by Gasteiger charge is 2.32. The Balaban J connectivity index is 1.88. The van der Waals surface area contributed by atoms with Crippen LogP contribution in [0.1, 0.15) is 36.5 Å². The summed E-state index contributed by atoms with van der Waals surface area (Å²) in [6.45, 7) is 2.96. The van der Waals surface area contributed by atoms with E-state index >= 15 is 0 Å². The van der Waals surface area contributed by atoms with Gasteiger partial charge in [0.05, 0.1) is 16.1 Å². The molecule has 0 bridgehead atoms. The number of halogens is 3. The van der Waals surface area contributed by atoms with E-state index < -0.39 is 34.3 Å². The number of aliphatic carboxylic acids is 1. The van der Waals surface area contributed by atoms with Crippen molar-refractivity contribution in [1.82, 2.24) is 0 Å². The van der Waals surface area contributed by atoms with Crippen LogP contribution < -0.4 is 14.2 Å². The summed E-state index contributed by atoms with van der Waals surface area (Å²) in [5.41, 5.74) is -0.0537. The molecule has 0 spiro atoms. The van der Waals surface area contributed by atoms with Crippen LogP contribution in [0.3, 0.4) is 0 Å². The van der Waals surface area contributed by atoms with Gasteiger partial charge in [-0.3, -0.25) is 4.72 Å². The minimum Gasteiger partial charge on any atom is -0.487 e. The molecule has 0 heterocycles. The minimum atomic E-state index is -4.66. The number of ether oxygens (including phenoxy) is 2. The van der Waals surface area contributed by atoms with Crippen LogP contribution in [-0.2, 0) is 27.6 Å². The predicted molar refractivity (Wildman–Crippen MR) is 127 cm³/mol. The number of alkyl halides is 3. The van der Waals surface area contributed by atoms with E-state index in [9.17, 15) is 26.4 Å². The lowest BCUT2D eigenvalue weighted by molar-refractivity contribution is -0.139. The van der Waals surface area contributed by atoms with Crippen molar-refractivity contribution in [3.8, 4) is 11.5 Å². The van der Waals surface area contributed by atoms with Crippen LogP contribution in [0.25, 0.3) is 0 Å². The molecule has 0 aromatic heterocycles. The van der Waals surface area contributed by atoms with E-state index in [-0.39, 0.29) is 34.6 Å². The Morgan fingerprint density at radius 2 is 1.67 bits per heavy atom. The number of rotatable bonds is 10. The van der Waals surface area contributed by atoms with Gasteiger partial charge in [0, 0.05) is 0 Å². The largest absolute Gasteiger partial charge is 0.487 e. The van der Waals surface area contributed by atoms with Crippen LogP contribution in [0, 0.1) is 0 Å². The van der Waals surface area contributed by atoms with Crippen molar-refractivity contribution in [2.75, 3.05) is 11.3 Å². The van der Waals surface area contributed by atoms with E-state index in [1.54, 1.807) is 30.3 Å². The Morgan fingerprint density at radius 3 is 2.28 bits per heavy atom. The minimum absolute atomic E-state index is 0.0165. The van der Waals surface area contributed by atoms with Crippen molar-refractivity contribution in [1.29, 1.82) is 0 Å². The Bertz CT molecular complexity index is 1320. The van der Waals surface area contributed by atoms with E-state index in [2.05, 4.69) is 4.72 Å². The van der Waals surface area contributed by atoms with Crippen LogP contribution >= 0.6 is 0 Å². The molecule has 0 aliphatic heterocycles. The lowest BCUT2D eigenvalue weighted by atomic mass is 10.0. The first-order valence-corrected chi connectivity index (χ1v) is 12.2. The summed E-state index contributed by atoms with van der Waals surface area (Å²) < 4.78 is 79.3. The van der Waals surface area contributed by atoms with Crippen LogP contribution in [0.4, 0.5) is 18.9 Å². The lowest BCUT2D eigenvalue weighted by Gasteiger charge is -2.18. The van der Waals surface area contributed by atoms with Crippen molar-refractivity contribution >= 4 is 21.7 Å². The topological polar surface area (TPSA) is 102 Å². The molecule has 0 radical (unpaired) electrons. The first kappa shape index (κ1) is 26.9. The van der Waals surface area contributed by atoms with Crippen LogP contribution in [0.5, 0.6) is 11.5 Å². The fourth-order valence-electron chi connectivity index (χ4n) is 3.29. The van der Waals surface area contributed by atoms with Crippen molar-refractivity contribution in [2.24, 2.45) is 0 Å². The summed E-state index contributed by atoms with van der Waals surface area (Å²) >= 11 is 0. The SMILES string of the molecule is CC(C)c1ccccc1S(=O)(=O)Nc1ccc(C(F)(F)F)cc1OCc1ccc(OCC(=O)O)cc1. The zero-order valence-corrected chi connectivity index (χ0v) is 20.2. The highest BCUT2D eigenvalue weighted by molar-refractivity contribution is 7.92. The van der Waals surface area contributed by atoms with Gasteiger partial charge >= 0.3 is 12.1 Å². The third-order valence-electron chi connectivity index (χ3n) is 5.06. The molecule has 11 heteroatoms. The van der Waals surface area contributed by atoms with Crippen LogP contribution in [0.2, 0.25) is 0 Å². The number of hydrogen-bond donors (Lipinski definition) is 2. The maximum absolute atomic E-state index is 13.3. The average Bonchev–Trinajstić information content (AvgIpc) is 2.81. The van der Waals surface area contributed by atoms with Crippen molar-refractivity contribution < 1.29 is 41.0 Å². The molecule has 0 saturated carbocycles. The maximum atomic E-state index is 13.3. The summed E-state index contributed by atoms with van der Waals surface area (Å²) in [6, 6.07) is 15.0. The zero-order chi connectivity index (χ0) is 26.5. The van der Waals surface area contributed by atoms with E-state index in [0.717, 1.165) is 18.2 Å². The lowest BCUT2D eigenvalue weighted by Crippen LogP contribution is -2.17. The van der Waals surface area contributed by atoms with Gasteiger partial charge in [0.1, 0.15) is 18.1 Å². The average molecular weight is 524 g/mol. The number of nitrogens with one attached hydrogen (secondary N) is 1. The molecule has 3 rings (SSSR count). The number of carboxylic acid groups (broad SMARTS) is 1. The second kappa shape index (κ2) is 10.9. The molecule has 0 aliphatic rings. The molecule has 3 aromatic carbocycles. The molecule has 192 valence electrons. The van der Waals surface area contributed by atoms with E-state index in [0.29, 0.717) is 11.1 Å². The molecule has 2 N–H and O–H groups in total. The molecule has 0 aliphatic carbocycles. The zero-order valence-electron chi connectivity index (χ0n) is 19.4. The molecule has 7 nitrogen and oxygen atoms in total. The Kier molecular flexibility index (Phi) is 8.13. The molecule has 0 fully saturated rings. The van der Waals surface area contributed by atoms with Gasteiger partial charge < -0.3 is 14.6 Å². The van der Waals surface area contributed by atoms with Gasteiger partial charge in [-0.1, -0.05) is 44.2 Å². The summed E-state index contributed by atoms with van der Waals surface area (Å²) in [5.74, 6) is -1.26. The Labute approximate surface area is 206 Å². The highest BCUT2D eigenvalue weighted by atomic mass is 32.2. The van der Waals surface area contributed by atoms with Gasteiger partial charge in [-0.2, -0.15) is 13.2 Å². The number of sulfonamides is 1. The predicted octanol–water partition coefficient (Wildman–Crippen LogP) is 5.67. The molecular weight excluding hydrogens is 499 g/mol. The normalized spacial score (nSPS) is 11.8. The van der Waals surface area contributed by atoms with E-state index in [4.69, 9.17) is 14.6 Å². The number of carboxylic acids is 1. The van der Waals surface area contributed by atoms with Crippen molar-refractivity contribution in [3.05, 3.63) is 83.4 Å². The van der Waals surface area contributed by atoms with Gasteiger partial charge in [-0.15, -0.1) is 0 Å². The summed E-state index contributed by atoms with van der Waals surface area (Å²) in [6.07, 6.45) is -4.66. The fourth-order valence-corrected chi connectivity index (χ4v) is 4.73. The van der Waals surface area contributed by atoms with Crippen LogP contribution in [0.15, 0.2) is 71.6 Å². The monoisotopic (exact) mass is 523 g/mol. The number of anilines is 1. The molecular formula is C25H24F3NO6S. The smallest absolute Gasteiger partial charge is 0.416 e. The molecule has 0 atom stereocenters. The number of carbonyl (C=O) groups is 1. The third kappa shape index (κ3) is 6.91. The van der Waals surface area contributed by atoms with Crippen LogP contribution in [-0.4, -0.2) is 26.1 Å². The number of benzene rings is 3. The van der Waals surface area contributed by atoms with E-state index in [1.807, 2.05) is 13.8 Å². The van der Waals surface area contributed by atoms with Gasteiger partial charge in [-0.25, -0.2) is 13.2 Å². The van der Waals surface area contributed by atoms with Gasteiger partial charge in [-0.05, 0) is 53.4 Å². The summed E-state index contributed by atoms with van der Waals surface area (Å²) in [5, 5.41) is 8.67. The molecule has 36 heavy (non-hydrogen) atoms. The standard InChI is InChI=1S/C25H24F3NO6S/c1-16(2)20-5-3-4-6-23(20)36(32,33)29-21-12-9-18(25(26,27)28)13-22(21)35-14-17-7-10-19(11-8-17)34-15-24(30)31/h3-13,16,29H,14-15H2,1-2H3,(H,30,31). The second-order valence-electron chi connectivity index (χ2n) is 8.12. The molecule has 0 unspecified atom stereocenters. The molecule has 0 saturated heterocycles. The van der Waals surface area contributed by atoms with Crippen molar-refractivity contribution in [3.63, 3.8) is 0 Å². The van der Waals surface area contributed by atoms with Gasteiger partial charge in [0.2, 0.25) is 0 Å². The van der Waals surface area contributed by atoms with E-state index in [1.165, 1.54) is 18.2 Å². The molecule has 0 amide bonds. The van der Waals surface area contributed by atoms with Crippen molar-refractivity contribution in [2.45, 2.75) is 37.4 Å². The first-order valence-electron chi connectivity index (χ1n) is 10.8. The summed E-state index contributed by atoms with van der Waals surface area (Å²) in [4.78, 5) is 10.6. The Hall–Kier alpha value is -3.73. The summed E-state index contributed by atoms with van der Waals surface area (Å²) in [7, 11) is -4.14. The number of hydrogen-bond acceptors (Lipinski definition) is 5. The second-order valence-corrected chi connectivity index (χ2v) is 9.77. The highest BCUT2D eigenvalue weighted by Crippen LogP contribution is 2.37. The maximum Gasteiger partial charge on any atom is 0.416 e. The Morgan fingerprint density at radius 1 is 1.00 bits per heavy atom. The first-order chi connectivity index (χ1) is 16.9. The van der Waals surface area contributed by atoms with Gasteiger partial charge in [0.25, 0.3) is 10.0 Å². The quantitative estimate of drug-likeness (QED) is 0.355.